The van der Waals surface area contributed by atoms with Gasteiger partial charge in [-0.25, -0.2) is 17.6 Å². The van der Waals surface area contributed by atoms with E-state index in [-0.39, 0.29) is 6.07 Å². The Bertz CT molecular complexity index is 636. The van der Waals surface area contributed by atoms with Gasteiger partial charge in [0.15, 0.2) is 23.3 Å². The van der Waals surface area contributed by atoms with Crippen molar-refractivity contribution in [2.45, 2.75) is 26.7 Å². The SMILES string of the molecule is Cc1ccc(C(C)c2c(F)c(F)cc(F)c2F)cc1C. The lowest BCUT2D eigenvalue weighted by molar-refractivity contribution is 0.435. The first-order chi connectivity index (χ1) is 9.32. The summed E-state index contributed by atoms with van der Waals surface area (Å²) in [5.74, 6) is -6.21. The average Bonchev–Trinajstić information content (AvgIpc) is 2.40. The van der Waals surface area contributed by atoms with E-state index in [1.807, 2.05) is 19.9 Å². The molecule has 0 amide bonds. The van der Waals surface area contributed by atoms with Gasteiger partial charge in [0.05, 0.1) is 0 Å². The number of aryl methyl sites for hydroxylation is 2. The lowest BCUT2D eigenvalue weighted by atomic mass is 9.90. The molecule has 0 aliphatic rings. The fourth-order valence-corrected chi connectivity index (χ4v) is 2.17. The summed E-state index contributed by atoms with van der Waals surface area (Å²) < 4.78 is 54.1. The maximum Gasteiger partial charge on any atom is 0.165 e. The Balaban J connectivity index is 2.58. The number of hydrogen-bond acceptors (Lipinski definition) is 0. The van der Waals surface area contributed by atoms with Gasteiger partial charge in [-0.2, -0.15) is 0 Å². The predicted molar refractivity (Wildman–Crippen MR) is 69.7 cm³/mol. The Hall–Kier alpha value is -1.84. The molecule has 0 heterocycles. The summed E-state index contributed by atoms with van der Waals surface area (Å²) in [5.41, 5.74) is 2.01. The first kappa shape index (κ1) is 14.6. The van der Waals surface area contributed by atoms with Crippen molar-refractivity contribution in [3.63, 3.8) is 0 Å². The van der Waals surface area contributed by atoms with Crippen LogP contribution in [0.5, 0.6) is 0 Å². The quantitative estimate of drug-likeness (QED) is 0.536. The van der Waals surface area contributed by atoms with Crippen LogP contribution in [0.4, 0.5) is 17.6 Å². The van der Waals surface area contributed by atoms with Gasteiger partial charge in [-0.15, -0.1) is 0 Å². The summed E-state index contributed by atoms with van der Waals surface area (Å²) in [6.07, 6.45) is 0. The molecule has 0 aromatic heterocycles. The Morgan fingerprint density at radius 1 is 0.800 bits per heavy atom. The molecule has 1 unspecified atom stereocenters. The van der Waals surface area contributed by atoms with Crippen LogP contribution in [-0.4, -0.2) is 0 Å². The molecule has 0 N–H and O–H groups in total. The molecular formula is C16H14F4. The van der Waals surface area contributed by atoms with E-state index in [4.69, 9.17) is 0 Å². The summed E-state index contributed by atoms with van der Waals surface area (Å²) in [5, 5.41) is 0. The van der Waals surface area contributed by atoms with Gasteiger partial charge in [0.1, 0.15) is 0 Å². The number of hydrogen-bond donors (Lipinski definition) is 0. The zero-order chi connectivity index (χ0) is 15.0. The minimum Gasteiger partial charge on any atom is -0.204 e. The van der Waals surface area contributed by atoms with Crippen molar-refractivity contribution in [3.8, 4) is 0 Å². The van der Waals surface area contributed by atoms with Crippen molar-refractivity contribution in [3.05, 3.63) is 69.8 Å². The Kier molecular flexibility index (Phi) is 3.84. The molecule has 0 bridgehead atoms. The molecule has 0 saturated carbocycles. The summed E-state index contributed by atoms with van der Waals surface area (Å²) in [7, 11) is 0. The predicted octanol–water partition coefficient (Wildman–Crippen LogP) is 5.01. The van der Waals surface area contributed by atoms with Gasteiger partial charge in [0.25, 0.3) is 0 Å². The van der Waals surface area contributed by atoms with Crippen LogP contribution in [0.1, 0.15) is 35.1 Å². The molecule has 2 rings (SSSR count). The van der Waals surface area contributed by atoms with Crippen LogP contribution in [0.25, 0.3) is 0 Å². The first-order valence-corrected chi connectivity index (χ1v) is 6.23. The standard InChI is InChI=1S/C16H14F4/c1-8-4-5-11(6-9(8)2)10(3)14-15(19)12(17)7-13(18)16(14)20/h4-7,10H,1-3H3. The summed E-state index contributed by atoms with van der Waals surface area (Å²) in [4.78, 5) is 0. The van der Waals surface area contributed by atoms with Gasteiger partial charge in [-0.1, -0.05) is 25.1 Å². The van der Waals surface area contributed by atoms with Crippen LogP contribution in [0.15, 0.2) is 24.3 Å². The van der Waals surface area contributed by atoms with Crippen molar-refractivity contribution in [1.82, 2.24) is 0 Å². The second kappa shape index (κ2) is 5.27. The minimum absolute atomic E-state index is 0.223. The monoisotopic (exact) mass is 282 g/mol. The van der Waals surface area contributed by atoms with E-state index in [0.29, 0.717) is 5.56 Å². The molecule has 0 saturated heterocycles. The van der Waals surface area contributed by atoms with E-state index in [9.17, 15) is 17.6 Å². The van der Waals surface area contributed by atoms with Crippen LogP contribution in [-0.2, 0) is 0 Å². The average molecular weight is 282 g/mol. The van der Waals surface area contributed by atoms with Crippen LogP contribution in [0.2, 0.25) is 0 Å². The van der Waals surface area contributed by atoms with E-state index < -0.39 is 34.8 Å². The first-order valence-electron chi connectivity index (χ1n) is 6.23. The molecule has 1 atom stereocenters. The molecule has 0 spiro atoms. The molecular weight excluding hydrogens is 268 g/mol. The van der Waals surface area contributed by atoms with Crippen molar-refractivity contribution in [2.24, 2.45) is 0 Å². The molecule has 0 aliphatic carbocycles. The lowest BCUT2D eigenvalue weighted by Gasteiger charge is -2.16. The normalized spacial score (nSPS) is 12.6. The van der Waals surface area contributed by atoms with E-state index in [1.165, 1.54) is 6.92 Å². The fourth-order valence-electron chi connectivity index (χ4n) is 2.17. The zero-order valence-corrected chi connectivity index (χ0v) is 11.4. The molecule has 4 heteroatoms. The topological polar surface area (TPSA) is 0 Å². The Labute approximate surface area is 115 Å². The van der Waals surface area contributed by atoms with Crippen LogP contribution < -0.4 is 0 Å². The van der Waals surface area contributed by atoms with Crippen LogP contribution in [0.3, 0.4) is 0 Å². The molecule has 0 radical (unpaired) electrons. The molecule has 0 aliphatic heterocycles. The molecule has 0 nitrogen and oxygen atoms in total. The fraction of sp³-hybridized carbons (Fsp3) is 0.250. The Morgan fingerprint density at radius 2 is 1.35 bits per heavy atom. The summed E-state index contributed by atoms with van der Waals surface area (Å²) >= 11 is 0. The van der Waals surface area contributed by atoms with E-state index in [1.54, 1.807) is 12.1 Å². The summed E-state index contributed by atoms with van der Waals surface area (Å²) in [6, 6.07) is 5.50. The van der Waals surface area contributed by atoms with Crippen molar-refractivity contribution in [1.29, 1.82) is 0 Å². The van der Waals surface area contributed by atoms with Crippen molar-refractivity contribution >= 4 is 0 Å². The number of halogens is 4. The molecule has 106 valence electrons. The highest BCUT2D eigenvalue weighted by Gasteiger charge is 2.24. The van der Waals surface area contributed by atoms with E-state index in [0.717, 1.165) is 11.1 Å². The van der Waals surface area contributed by atoms with Crippen LogP contribution >= 0.6 is 0 Å². The molecule has 20 heavy (non-hydrogen) atoms. The zero-order valence-electron chi connectivity index (χ0n) is 11.4. The van der Waals surface area contributed by atoms with Crippen molar-refractivity contribution in [2.75, 3.05) is 0 Å². The van der Waals surface area contributed by atoms with Gasteiger partial charge in [-0.05, 0) is 30.5 Å². The highest BCUT2D eigenvalue weighted by Crippen LogP contribution is 2.31. The third kappa shape index (κ3) is 2.42. The van der Waals surface area contributed by atoms with Crippen molar-refractivity contribution < 1.29 is 17.6 Å². The van der Waals surface area contributed by atoms with Gasteiger partial charge in [0.2, 0.25) is 0 Å². The molecule has 0 fully saturated rings. The minimum atomic E-state index is -1.38. The van der Waals surface area contributed by atoms with Gasteiger partial charge in [-0.3, -0.25) is 0 Å². The highest BCUT2D eigenvalue weighted by atomic mass is 19.2. The maximum atomic E-state index is 13.8. The molecule has 2 aromatic rings. The third-order valence-corrected chi connectivity index (χ3v) is 3.61. The summed E-state index contributed by atoms with van der Waals surface area (Å²) in [6.45, 7) is 5.29. The highest BCUT2D eigenvalue weighted by molar-refractivity contribution is 5.38. The third-order valence-electron chi connectivity index (χ3n) is 3.61. The van der Waals surface area contributed by atoms with Gasteiger partial charge >= 0.3 is 0 Å². The number of rotatable bonds is 2. The van der Waals surface area contributed by atoms with Gasteiger partial charge in [0, 0.05) is 17.5 Å². The van der Waals surface area contributed by atoms with E-state index >= 15 is 0 Å². The largest absolute Gasteiger partial charge is 0.204 e. The van der Waals surface area contributed by atoms with Gasteiger partial charge < -0.3 is 0 Å². The number of benzene rings is 2. The van der Waals surface area contributed by atoms with E-state index in [2.05, 4.69) is 0 Å². The second-order valence-corrected chi connectivity index (χ2v) is 4.95. The van der Waals surface area contributed by atoms with Crippen LogP contribution in [0, 0.1) is 37.1 Å². The molecule has 2 aromatic carbocycles. The Morgan fingerprint density at radius 3 is 1.85 bits per heavy atom. The smallest absolute Gasteiger partial charge is 0.165 e. The second-order valence-electron chi connectivity index (χ2n) is 4.95. The lowest BCUT2D eigenvalue weighted by Crippen LogP contribution is -2.08. The maximum absolute atomic E-state index is 13.8.